The van der Waals surface area contributed by atoms with E-state index in [9.17, 15) is 0 Å². The van der Waals surface area contributed by atoms with Gasteiger partial charge in [-0.05, 0) is 38.1 Å². The fourth-order valence-electron chi connectivity index (χ4n) is 2.63. The molecule has 1 aliphatic heterocycles. The molecule has 0 radical (unpaired) electrons. The van der Waals surface area contributed by atoms with E-state index in [1.54, 1.807) is 11.3 Å². The van der Waals surface area contributed by atoms with Gasteiger partial charge in [0, 0.05) is 36.8 Å². The highest BCUT2D eigenvalue weighted by atomic mass is 32.1. The van der Waals surface area contributed by atoms with Crippen LogP contribution in [0, 0.1) is 5.92 Å². The van der Waals surface area contributed by atoms with E-state index >= 15 is 0 Å². The molecule has 1 N–H and O–H groups in total. The quantitative estimate of drug-likeness (QED) is 0.839. The van der Waals surface area contributed by atoms with E-state index in [0.717, 1.165) is 18.5 Å². The monoisotopic (exact) mass is 251 g/mol. The summed E-state index contributed by atoms with van der Waals surface area (Å²) in [5.74, 6) is 0.976. The zero-order chi connectivity index (χ0) is 11.5. The van der Waals surface area contributed by atoms with E-state index in [-0.39, 0.29) is 0 Å². The Morgan fingerprint density at radius 3 is 2.94 bits per heavy atom. The van der Waals surface area contributed by atoms with Crippen LogP contribution in [-0.2, 0) is 6.54 Å². The van der Waals surface area contributed by atoms with Gasteiger partial charge in [0.05, 0.1) is 5.51 Å². The number of nitrogens with one attached hydrogen (secondary N) is 1. The first-order valence-electron chi connectivity index (χ1n) is 6.73. The van der Waals surface area contributed by atoms with Crippen LogP contribution in [0.15, 0.2) is 11.7 Å². The van der Waals surface area contributed by atoms with Gasteiger partial charge in [0.15, 0.2) is 0 Å². The van der Waals surface area contributed by atoms with Gasteiger partial charge >= 0.3 is 0 Å². The van der Waals surface area contributed by atoms with Crippen molar-refractivity contribution in [3.05, 3.63) is 16.6 Å². The maximum absolute atomic E-state index is 4.18. The number of hydrogen-bond donors (Lipinski definition) is 1. The van der Waals surface area contributed by atoms with Crippen molar-refractivity contribution in [3.8, 4) is 0 Å². The van der Waals surface area contributed by atoms with Crippen LogP contribution in [0.4, 0.5) is 0 Å². The summed E-state index contributed by atoms with van der Waals surface area (Å²) in [6.45, 7) is 4.81. The van der Waals surface area contributed by atoms with E-state index < -0.39 is 0 Å². The highest BCUT2D eigenvalue weighted by molar-refractivity contribution is 7.09. The average molecular weight is 251 g/mol. The number of thiazole rings is 1. The van der Waals surface area contributed by atoms with Crippen molar-refractivity contribution in [3.63, 3.8) is 0 Å². The summed E-state index contributed by atoms with van der Waals surface area (Å²) in [6.07, 6.45) is 7.60. The van der Waals surface area contributed by atoms with Crippen molar-refractivity contribution in [1.82, 2.24) is 15.2 Å². The van der Waals surface area contributed by atoms with Crippen molar-refractivity contribution in [2.24, 2.45) is 5.92 Å². The highest BCUT2D eigenvalue weighted by Crippen LogP contribution is 2.30. The lowest BCUT2D eigenvalue weighted by atomic mass is 10.2. The second-order valence-corrected chi connectivity index (χ2v) is 6.37. The Labute approximate surface area is 107 Å². The Morgan fingerprint density at radius 1 is 1.35 bits per heavy atom. The molecule has 1 unspecified atom stereocenters. The molecule has 1 aromatic rings. The molecule has 3 rings (SSSR count). The molecule has 1 atom stereocenters. The third-order valence-corrected chi connectivity index (χ3v) is 4.48. The number of aromatic nitrogens is 1. The minimum Gasteiger partial charge on any atom is -0.313 e. The number of hydrogen-bond acceptors (Lipinski definition) is 4. The summed E-state index contributed by atoms with van der Waals surface area (Å²) in [5.41, 5.74) is 1.94. The molecule has 4 heteroatoms. The Kier molecular flexibility index (Phi) is 3.74. The molecule has 1 saturated carbocycles. The number of nitrogens with zero attached hydrogens (tertiary/aromatic N) is 2. The zero-order valence-corrected chi connectivity index (χ0v) is 11.1. The van der Waals surface area contributed by atoms with Crippen LogP contribution in [0.1, 0.15) is 30.6 Å². The van der Waals surface area contributed by atoms with Gasteiger partial charge in [-0.3, -0.25) is 9.88 Å². The summed E-state index contributed by atoms with van der Waals surface area (Å²) in [7, 11) is 0. The van der Waals surface area contributed by atoms with Gasteiger partial charge in [-0.25, -0.2) is 0 Å². The van der Waals surface area contributed by atoms with Gasteiger partial charge in [-0.1, -0.05) is 0 Å². The van der Waals surface area contributed by atoms with Crippen molar-refractivity contribution in [2.75, 3.05) is 19.6 Å². The van der Waals surface area contributed by atoms with E-state index in [2.05, 4.69) is 15.2 Å². The third-order valence-electron chi connectivity index (χ3n) is 3.72. The molecule has 3 nitrogen and oxygen atoms in total. The molecule has 2 fully saturated rings. The first-order valence-corrected chi connectivity index (χ1v) is 7.61. The van der Waals surface area contributed by atoms with Crippen LogP contribution in [0.3, 0.4) is 0 Å². The Balaban J connectivity index is 1.55. The van der Waals surface area contributed by atoms with Gasteiger partial charge in [-0.15, -0.1) is 11.3 Å². The average Bonchev–Trinajstić information content (AvgIpc) is 2.82. The van der Waals surface area contributed by atoms with E-state index in [4.69, 9.17) is 0 Å². The molecular formula is C13H21N3S. The molecule has 0 bridgehead atoms. The lowest BCUT2D eigenvalue weighted by Gasteiger charge is -2.25. The standard InChI is InChI=1S/C13H21N3S/c1-2-12(15-5-1)8-16(7-11-3-4-11)9-13-6-14-10-17-13/h6,10-12,15H,1-5,7-9H2. The molecule has 2 heterocycles. The van der Waals surface area contributed by atoms with Crippen LogP contribution in [0.2, 0.25) is 0 Å². The maximum Gasteiger partial charge on any atom is 0.0794 e. The molecule has 17 heavy (non-hydrogen) atoms. The Bertz CT molecular complexity index is 328. The largest absolute Gasteiger partial charge is 0.313 e. The summed E-state index contributed by atoms with van der Waals surface area (Å²) < 4.78 is 0. The Morgan fingerprint density at radius 2 is 2.29 bits per heavy atom. The lowest BCUT2D eigenvalue weighted by molar-refractivity contribution is 0.233. The van der Waals surface area contributed by atoms with E-state index in [1.807, 2.05) is 11.7 Å². The predicted molar refractivity (Wildman–Crippen MR) is 71.1 cm³/mol. The molecule has 0 spiro atoms. The van der Waals surface area contributed by atoms with Gasteiger partial charge in [0.1, 0.15) is 0 Å². The topological polar surface area (TPSA) is 28.2 Å². The second-order valence-electron chi connectivity index (χ2n) is 5.40. The third kappa shape index (κ3) is 3.50. The molecule has 2 aliphatic rings. The van der Waals surface area contributed by atoms with Gasteiger partial charge in [0.25, 0.3) is 0 Å². The van der Waals surface area contributed by atoms with Crippen molar-refractivity contribution in [2.45, 2.75) is 38.3 Å². The first kappa shape index (κ1) is 11.6. The van der Waals surface area contributed by atoms with Gasteiger partial charge in [-0.2, -0.15) is 0 Å². The van der Waals surface area contributed by atoms with Crippen molar-refractivity contribution >= 4 is 11.3 Å². The van der Waals surface area contributed by atoms with Crippen molar-refractivity contribution in [1.29, 1.82) is 0 Å². The summed E-state index contributed by atoms with van der Waals surface area (Å²) in [5, 5.41) is 3.61. The zero-order valence-electron chi connectivity index (χ0n) is 10.3. The minimum atomic E-state index is 0.724. The SMILES string of the molecule is c1ncc(CN(CC2CC2)CC2CCCN2)s1. The fourth-order valence-corrected chi connectivity index (χ4v) is 3.27. The predicted octanol–water partition coefficient (Wildman–Crippen LogP) is 2.11. The summed E-state index contributed by atoms with van der Waals surface area (Å²) >= 11 is 1.78. The number of rotatable bonds is 6. The molecule has 1 aliphatic carbocycles. The molecule has 94 valence electrons. The molecule has 0 amide bonds. The van der Waals surface area contributed by atoms with Crippen LogP contribution in [0.5, 0.6) is 0 Å². The fraction of sp³-hybridized carbons (Fsp3) is 0.769. The first-order chi connectivity index (χ1) is 8.40. The van der Waals surface area contributed by atoms with E-state index in [0.29, 0.717) is 0 Å². The van der Waals surface area contributed by atoms with Crippen LogP contribution in [0.25, 0.3) is 0 Å². The van der Waals surface area contributed by atoms with Gasteiger partial charge < -0.3 is 5.32 Å². The smallest absolute Gasteiger partial charge is 0.0794 e. The molecular weight excluding hydrogens is 230 g/mol. The molecule has 1 aromatic heterocycles. The van der Waals surface area contributed by atoms with Crippen LogP contribution in [-0.4, -0.2) is 35.6 Å². The molecule has 1 saturated heterocycles. The van der Waals surface area contributed by atoms with E-state index in [1.165, 1.54) is 50.2 Å². The minimum absolute atomic E-state index is 0.724. The highest BCUT2D eigenvalue weighted by Gasteiger charge is 2.26. The molecule has 0 aromatic carbocycles. The lowest BCUT2D eigenvalue weighted by Crippen LogP contribution is -2.38. The van der Waals surface area contributed by atoms with Crippen molar-refractivity contribution < 1.29 is 0 Å². The Hall–Kier alpha value is -0.450. The summed E-state index contributed by atoms with van der Waals surface area (Å²) in [6, 6.07) is 0.724. The van der Waals surface area contributed by atoms with Crippen LogP contribution < -0.4 is 5.32 Å². The summed E-state index contributed by atoms with van der Waals surface area (Å²) in [4.78, 5) is 8.22. The van der Waals surface area contributed by atoms with Gasteiger partial charge in [0.2, 0.25) is 0 Å². The second kappa shape index (κ2) is 5.46. The maximum atomic E-state index is 4.18. The normalized spacial score (nSPS) is 24.6. The van der Waals surface area contributed by atoms with Crippen LogP contribution >= 0.6 is 11.3 Å².